The van der Waals surface area contributed by atoms with Gasteiger partial charge >= 0.3 is 0 Å². The predicted molar refractivity (Wildman–Crippen MR) is 84.9 cm³/mol. The van der Waals surface area contributed by atoms with E-state index in [1.54, 1.807) is 12.1 Å². The Morgan fingerprint density at radius 3 is 2.45 bits per heavy atom. The van der Waals surface area contributed by atoms with E-state index in [1.165, 1.54) is 38.3 Å². The second kappa shape index (κ2) is 6.01. The van der Waals surface area contributed by atoms with E-state index < -0.39 is 10.0 Å². The van der Waals surface area contributed by atoms with E-state index in [4.69, 9.17) is 0 Å². The molecule has 2 aliphatic carbocycles. The molecule has 3 atom stereocenters. The predicted octanol–water partition coefficient (Wildman–Crippen LogP) is 2.36. The Morgan fingerprint density at radius 1 is 1.18 bits per heavy atom. The number of hydrogen-bond donors (Lipinski definition) is 2. The highest BCUT2D eigenvalue weighted by Gasteiger charge is 2.39. The summed E-state index contributed by atoms with van der Waals surface area (Å²) < 4.78 is 27.4. The minimum Gasteiger partial charge on any atom is -0.326 e. The summed E-state index contributed by atoms with van der Waals surface area (Å²) in [4.78, 5) is 11.2. The Balaban J connectivity index is 1.61. The molecule has 1 aromatic rings. The summed E-state index contributed by atoms with van der Waals surface area (Å²) in [7, 11) is -3.47. The first-order valence-electron chi connectivity index (χ1n) is 7.81. The zero-order valence-corrected chi connectivity index (χ0v) is 13.5. The summed E-state index contributed by atoms with van der Waals surface area (Å²) in [5.41, 5.74) is 0.597. The van der Waals surface area contributed by atoms with E-state index in [0.717, 1.165) is 12.3 Å². The van der Waals surface area contributed by atoms with Crippen molar-refractivity contribution < 1.29 is 13.2 Å². The van der Waals surface area contributed by atoms with Gasteiger partial charge in [0.2, 0.25) is 15.9 Å². The summed E-state index contributed by atoms with van der Waals surface area (Å²) in [5, 5.41) is 2.62. The molecular weight excluding hydrogens is 300 g/mol. The molecule has 0 heterocycles. The van der Waals surface area contributed by atoms with Crippen molar-refractivity contribution in [2.24, 2.45) is 17.8 Å². The van der Waals surface area contributed by atoms with Crippen LogP contribution in [-0.2, 0) is 14.8 Å². The monoisotopic (exact) mass is 322 g/mol. The lowest BCUT2D eigenvalue weighted by Gasteiger charge is -2.21. The molecule has 6 heteroatoms. The van der Waals surface area contributed by atoms with Crippen LogP contribution >= 0.6 is 0 Å². The molecule has 2 fully saturated rings. The van der Waals surface area contributed by atoms with Crippen LogP contribution in [0, 0.1) is 17.8 Å². The van der Waals surface area contributed by atoms with E-state index >= 15 is 0 Å². The van der Waals surface area contributed by atoms with Gasteiger partial charge < -0.3 is 5.32 Å². The van der Waals surface area contributed by atoms with Gasteiger partial charge in [0, 0.05) is 19.2 Å². The normalized spacial score (nSPS) is 27.0. The van der Waals surface area contributed by atoms with Crippen LogP contribution in [0.3, 0.4) is 0 Å². The van der Waals surface area contributed by atoms with E-state index in [1.807, 2.05) is 0 Å². The van der Waals surface area contributed by atoms with Crippen LogP contribution in [0.25, 0.3) is 0 Å². The molecule has 2 aliphatic rings. The molecule has 0 spiro atoms. The quantitative estimate of drug-likeness (QED) is 0.874. The molecular formula is C16H22N2O3S. The van der Waals surface area contributed by atoms with Gasteiger partial charge in [0.25, 0.3) is 0 Å². The Bertz CT molecular complexity index is 654. The highest BCUT2D eigenvalue weighted by Crippen LogP contribution is 2.48. The van der Waals surface area contributed by atoms with Crippen LogP contribution < -0.4 is 10.0 Å². The zero-order valence-electron chi connectivity index (χ0n) is 12.7. The number of benzene rings is 1. The molecule has 0 aromatic heterocycles. The van der Waals surface area contributed by atoms with Crippen molar-refractivity contribution in [3.8, 4) is 0 Å². The van der Waals surface area contributed by atoms with Crippen LogP contribution in [0.1, 0.15) is 32.6 Å². The SMILES string of the molecule is CC(=O)Nc1ccc(S(=O)(=O)NC[C@H]2C[C@@H]3CC[C@@H]2C3)cc1. The first-order chi connectivity index (χ1) is 10.4. The first kappa shape index (κ1) is 15.5. The highest BCUT2D eigenvalue weighted by molar-refractivity contribution is 7.89. The van der Waals surface area contributed by atoms with Crippen molar-refractivity contribution in [2.75, 3.05) is 11.9 Å². The Kier molecular flexibility index (Phi) is 4.23. The van der Waals surface area contributed by atoms with Crippen molar-refractivity contribution in [2.45, 2.75) is 37.5 Å². The third-order valence-corrected chi connectivity index (χ3v) is 6.34. The molecule has 1 aromatic carbocycles. The molecule has 0 aliphatic heterocycles. The van der Waals surface area contributed by atoms with Crippen LogP contribution in [0.5, 0.6) is 0 Å². The molecule has 2 N–H and O–H groups in total. The molecule has 1 amide bonds. The van der Waals surface area contributed by atoms with Crippen molar-refractivity contribution in [1.82, 2.24) is 4.72 Å². The fourth-order valence-electron chi connectivity index (χ4n) is 3.85. The van der Waals surface area contributed by atoms with E-state index in [2.05, 4.69) is 10.0 Å². The number of anilines is 1. The third-order valence-electron chi connectivity index (χ3n) is 4.91. The van der Waals surface area contributed by atoms with Gasteiger partial charge in [-0.1, -0.05) is 6.42 Å². The number of hydrogen-bond acceptors (Lipinski definition) is 3. The van der Waals surface area contributed by atoms with Gasteiger partial charge in [0.05, 0.1) is 4.90 Å². The Labute approximate surface area is 131 Å². The number of nitrogens with one attached hydrogen (secondary N) is 2. The number of carbonyl (C=O) groups excluding carboxylic acids is 1. The number of rotatable bonds is 5. The van der Waals surface area contributed by atoms with Crippen LogP contribution in [0.2, 0.25) is 0 Å². The number of fused-ring (bicyclic) bond motifs is 2. The fourth-order valence-corrected chi connectivity index (χ4v) is 4.94. The summed E-state index contributed by atoms with van der Waals surface area (Å²) >= 11 is 0. The summed E-state index contributed by atoms with van der Waals surface area (Å²) in [6.07, 6.45) is 5.01. The van der Waals surface area contributed by atoms with Crippen LogP contribution in [0.15, 0.2) is 29.2 Å². The second-order valence-electron chi connectivity index (χ2n) is 6.49. The number of amides is 1. The Morgan fingerprint density at radius 2 is 1.91 bits per heavy atom. The number of carbonyl (C=O) groups is 1. The van der Waals surface area contributed by atoms with E-state index in [-0.39, 0.29) is 10.8 Å². The molecule has 2 bridgehead atoms. The van der Waals surface area contributed by atoms with Gasteiger partial charge in [0.15, 0.2) is 0 Å². The highest BCUT2D eigenvalue weighted by atomic mass is 32.2. The van der Waals surface area contributed by atoms with E-state index in [9.17, 15) is 13.2 Å². The fraction of sp³-hybridized carbons (Fsp3) is 0.562. The second-order valence-corrected chi connectivity index (χ2v) is 8.26. The van der Waals surface area contributed by atoms with Gasteiger partial charge in [0.1, 0.15) is 0 Å². The first-order valence-corrected chi connectivity index (χ1v) is 9.29. The minimum absolute atomic E-state index is 0.176. The maximum atomic E-state index is 12.3. The summed E-state index contributed by atoms with van der Waals surface area (Å²) in [6, 6.07) is 6.25. The van der Waals surface area contributed by atoms with E-state index in [0.29, 0.717) is 24.1 Å². The largest absolute Gasteiger partial charge is 0.326 e. The molecule has 120 valence electrons. The van der Waals surface area contributed by atoms with Crippen molar-refractivity contribution in [1.29, 1.82) is 0 Å². The van der Waals surface area contributed by atoms with Gasteiger partial charge in [-0.15, -0.1) is 0 Å². The smallest absolute Gasteiger partial charge is 0.240 e. The maximum Gasteiger partial charge on any atom is 0.240 e. The van der Waals surface area contributed by atoms with Gasteiger partial charge in [-0.25, -0.2) is 13.1 Å². The minimum atomic E-state index is -3.47. The topological polar surface area (TPSA) is 75.3 Å². The molecule has 0 unspecified atom stereocenters. The lowest BCUT2D eigenvalue weighted by Crippen LogP contribution is -2.31. The van der Waals surface area contributed by atoms with Crippen LogP contribution in [0.4, 0.5) is 5.69 Å². The molecule has 0 saturated heterocycles. The maximum absolute atomic E-state index is 12.3. The van der Waals surface area contributed by atoms with Gasteiger partial charge in [-0.2, -0.15) is 0 Å². The van der Waals surface area contributed by atoms with Gasteiger partial charge in [-0.05, 0) is 61.3 Å². The van der Waals surface area contributed by atoms with Crippen LogP contribution in [-0.4, -0.2) is 20.9 Å². The number of sulfonamides is 1. The van der Waals surface area contributed by atoms with Crippen molar-refractivity contribution >= 4 is 21.6 Å². The van der Waals surface area contributed by atoms with Crippen molar-refractivity contribution in [3.05, 3.63) is 24.3 Å². The Hall–Kier alpha value is -1.40. The molecule has 0 radical (unpaired) electrons. The standard InChI is InChI=1S/C16H22N2O3S/c1-11(19)18-15-4-6-16(7-5-15)22(20,21)17-10-14-9-12-2-3-13(14)8-12/h4-7,12-14,17H,2-3,8-10H2,1H3,(H,18,19)/t12-,13-,14-/m1/s1. The molecule has 3 rings (SSSR count). The molecule has 2 saturated carbocycles. The van der Waals surface area contributed by atoms with Crippen molar-refractivity contribution in [3.63, 3.8) is 0 Å². The molecule has 5 nitrogen and oxygen atoms in total. The summed E-state index contributed by atoms with van der Waals surface area (Å²) in [5.74, 6) is 1.84. The average molecular weight is 322 g/mol. The van der Waals surface area contributed by atoms with Gasteiger partial charge in [-0.3, -0.25) is 4.79 Å². The summed E-state index contributed by atoms with van der Waals surface area (Å²) in [6.45, 7) is 1.96. The lowest BCUT2D eigenvalue weighted by atomic mass is 9.89. The lowest BCUT2D eigenvalue weighted by molar-refractivity contribution is -0.114. The third kappa shape index (κ3) is 3.33. The zero-order chi connectivity index (χ0) is 15.7. The molecule has 22 heavy (non-hydrogen) atoms. The average Bonchev–Trinajstić information content (AvgIpc) is 3.08.